The van der Waals surface area contributed by atoms with Gasteiger partial charge in [0.1, 0.15) is 0 Å². The Bertz CT molecular complexity index is 218. The number of hydrogen-bond acceptors (Lipinski definition) is 3. The minimum Gasteiger partial charge on any atom is -0.312 e. The molecule has 0 heterocycles. The molecule has 0 bridgehead atoms. The molecule has 0 saturated heterocycles. The molecule has 68 valence electrons. The van der Waals surface area contributed by atoms with Gasteiger partial charge in [0.15, 0.2) is 9.04 Å². The van der Waals surface area contributed by atoms with Crippen molar-refractivity contribution in [2.24, 2.45) is 0 Å². The van der Waals surface area contributed by atoms with E-state index in [1.54, 1.807) is 0 Å². The summed E-state index contributed by atoms with van der Waals surface area (Å²) < 4.78 is 58.6. The van der Waals surface area contributed by atoms with E-state index in [1.165, 1.54) is 13.1 Å². The van der Waals surface area contributed by atoms with Gasteiger partial charge in [-0.05, 0) is 13.1 Å². The van der Waals surface area contributed by atoms with Crippen LogP contribution in [0.4, 0.5) is 13.2 Å². The zero-order valence-electron chi connectivity index (χ0n) is 5.84. The molecule has 0 aliphatic carbocycles. The number of halogens is 3. The van der Waals surface area contributed by atoms with Crippen molar-refractivity contribution >= 4 is 19.2 Å². The summed E-state index contributed by atoms with van der Waals surface area (Å²) in [5, 5.41) is 0. The molecule has 0 saturated carbocycles. The average molecular weight is 208 g/mol. The van der Waals surface area contributed by atoms with E-state index in [4.69, 9.17) is 0 Å². The maximum absolute atomic E-state index is 11.5. The molecule has 0 amide bonds. The molecule has 11 heavy (non-hydrogen) atoms. The maximum atomic E-state index is 11.5. The Morgan fingerprint density at radius 1 is 1.27 bits per heavy atom. The lowest BCUT2D eigenvalue weighted by Crippen LogP contribution is -2.29. The minimum absolute atomic E-state index is 1.34. The highest BCUT2D eigenvalue weighted by molar-refractivity contribution is 7.88. The van der Waals surface area contributed by atoms with Gasteiger partial charge >= 0.3 is 15.6 Å². The highest BCUT2D eigenvalue weighted by Gasteiger charge is 2.47. The summed E-state index contributed by atoms with van der Waals surface area (Å²) in [6.45, 7) is 2.67. The van der Waals surface area contributed by atoms with Crippen LogP contribution in [-0.4, -0.2) is 23.0 Å². The molecular weight excluding hydrogens is 201 g/mol. The topological polar surface area (TPSA) is 43.4 Å². The van der Waals surface area contributed by atoms with Gasteiger partial charge in [0.05, 0.1) is 0 Å². The van der Waals surface area contributed by atoms with Crippen LogP contribution in [0.2, 0.25) is 13.1 Å². The zero-order chi connectivity index (χ0) is 9.28. The Balaban J connectivity index is 4.51. The molecule has 0 spiro atoms. The second-order valence-electron chi connectivity index (χ2n) is 2.04. The highest BCUT2D eigenvalue weighted by atomic mass is 32.2. The molecule has 0 aliphatic rings. The monoisotopic (exact) mass is 208 g/mol. The van der Waals surface area contributed by atoms with Gasteiger partial charge in [-0.25, -0.2) is 0 Å². The first-order valence-electron chi connectivity index (χ1n) is 2.66. The lowest BCUT2D eigenvalue weighted by Gasteiger charge is -2.09. The SMILES string of the molecule is C[SiH](C)OS(=O)(=O)C(F)(F)F. The molecule has 0 aromatic heterocycles. The second-order valence-corrected chi connectivity index (χ2v) is 6.28. The van der Waals surface area contributed by atoms with Crippen molar-refractivity contribution in [3.8, 4) is 0 Å². The predicted octanol–water partition coefficient (Wildman–Crippen LogP) is 0.836. The van der Waals surface area contributed by atoms with Gasteiger partial charge in [-0.1, -0.05) is 0 Å². The molecular formula is C3H7F3O3SSi. The van der Waals surface area contributed by atoms with Crippen molar-refractivity contribution in [1.29, 1.82) is 0 Å². The number of alkyl halides is 3. The summed E-state index contributed by atoms with van der Waals surface area (Å²) in [7, 11) is -7.54. The van der Waals surface area contributed by atoms with Gasteiger partial charge in [-0.3, -0.25) is 0 Å². The van der Waals surface area contributed by atoms with E-state index in [0.29, 0.717) is 0 Å². The standard InChI is InChI=1S/C3H7F3O3SSi/c1-11(2)9-10(7,8)3(4,5)6/h11H,1-2H3. The van der Waals surface area contributed by atoms with Gasteiger partial charge in [0, 0.05) is 0 Å². The van der Waals surface area contributed by atoms with Crippen molar-refractivity contribution in [1.82, 2.24) is 0 Å². The summed E-state index contributed by atoms with van der Waals surface area (Å²) in [5.41, 5.74) is -5.29. The van der Waals surface area contributed by atoms with Gasteiger partial charge in [0.25, 0.3) is 0 Å². The van der Waals surface area contributed by atoms with Crippen LogP contribution < -0.4 is 0 Å². The quantitative estimate of drug-likeness (QED) is 0.499. The predicted molar refractivity (Wildman–Crippen MR) is 34.9 cm³/mol. The van der Waals surface area contributed by atoms with Crippen LogP contribution in [0.25, 0.3) is 0 Å². The fourth-order valence-corrected chi connectivity index (χ4v) is 2.77. The summed E-state index contributed by atoms with van der Waals surface area (Å²) in [6, 6.07) is 0. The van der Waals surface area contributed by atoms with Crippen LogP contribution >= 0.6 is 0 Å². The van der Waals surface area contributed by atoms with Crippen LogP contribution in [0.1, 0.15) is 0 Å². The Labute approximate surface area is 64.0 Å². The van der Waals surface area contributed by atoms with Crippen molar-refractivity contribution in [3.63, 3.8) is 0 Å². The molecule has 0 unspecified atom stereocenters. The summed E-state index contributed by atoms with van der Waals surface area (Å²) in [5.74, 6) is 0. The Hall–Kier alpha value is -0.0831. The van der Waals surface area contributed by atoms with Gasteiger partial charge in [-0.2, -0.15) is 21.6 Å². The molecule has 0 rings (SSSR count). The minimum atomic E-state index is -5.34. The van der Waals surface area contributed by atoms with Crippen molar-refractivity contribution < 1.29 is 25.5 Å². The van der Waals surface area contributed by atoms with Gasteiger partial charge in [-0.15, -0.1) is 0 Å². The first-order chi connectivity index (χ1) is 4.67. The summed E-state index contributed by atoms with van der Waals surface area (Å²) in [6.07, 6.45) is 0. The van der Waals surface area contributed by atoms with Crippen molar-refractivity contribution in [3.05, 3.63) is 0 Å². The zero-order valence-corrected chi connectivity index (χ0v) is 7.82. The van der Waals surface area contributed by atoms with Crippen LogP contribution in [-0.2, 0) is 14.0 Å². The van der Waals surface area contributed by atoms with E-state index in [9.17, 15) is 21.6 Å². The number of rotatable bonds is 2. The van der Waals surface area contributed by atoms with Gasteiger partial charge < -0.3 is 3.87 Å². The van der Waals surface area contributed by atoms with E-state index >= 15 is 0 Å². The third-order valence-electron chi connectivity index (χ3n) is 0.603. The largest absolute Gasteiger partial charge is 0.522 e. The second kappa shape index (κ2) is 3.11. The molecule has 0 N–H and O–H groups in total. The first kappa shape index (κ1) is 10.9. The molecule has 0 aromatic carbocycles. The fourth-order valence-electron chi connectivity index (χ4n) is 0.308. The summed E-state index contributed by atoms with van der Waals surface area (Å²) in [4.78, 5) is 0. The van der Waals surface area contributed by atoms with E-state index in [0.717, 1.165) is 0 Å². The lowest BCUT2D eigenvalue weighted by atomic mass is 11.6. The van der Waals surface area contributed by atoms with Gasteiger partial charge in [0.2, 0.25) is 0 Å². The van der Waals surface area contributed by atoms with Crippen molar-refractivity contribution in [2.45, 2.75) is 18.6 Å². The first-order valence-corrected chi connectivity index (χ1v) is 6.85. The van der Waals surface area contributed by atoms with E-state index in [2.05, 4.69) is 3.87 Å². The fraction of sp³-hybridized carbons (Fsp3) is 1.00. The lowest BCUT2D eigenvalue weighted by molar-refractivity contribution is -0.0501. The van der Waals surface area contributed by atoms with E-state index in [-0.39, 0.29) is 0 Å². The van der Waals surface area contributed by atoms with Crippen LogP contribution in [0.5, 0.6) is 0 Å². The van der Waals surface area contributed by atoms with E-state index in [1.807, 2.05) is 0 Å². The molecule has 3 nitrogen and oxygen atoms in total. The van der Waals surface area contributed by atoms with Crippen molar-refractivity contribution in [2.75, 3.05) is 0 Å². The third-order valence-corrected chi connectivity index (χ3v) is 3.72. The Kier molecular flexibility index (Phi) is 3.09. The highest BCUT2D eigenvalue weighted by Crippen LogP contribution is 2.24. The van der Waals surface area contributed by atoms with Crippen LogP contribution in [0.3, 0.4) is 0 Å². The maximum Gasteiger partial charge on any atom is 0.522 e. The molecule has 0 fully saturated rings. The number of hydrogen-bond donors (Lipinski definition) is 0. The third kappa shape index (κ3) is 3.21. The molecule has 0 aromatic rings. The van der Waals surface area contributed by atoms with Crippen LogP contribution in [0, 0.1) is 0 Å². The van der Waals surface area contributed by atoms with Crippen LogP contribution in [0.15, 0.2) is 0 Å². The Morgan fingerprint density at radius 3 is 1.73 bits per heavy atom. The summed E-state index contributed by atoms with van der Waals surface area (Å²) >= 11 is 0. The molecule has 0 atom stereocenters. The molecule has 8 heteroatoms. The smallest absolute Gasteiger partial charge is 0.312 e. The van der Waals surface area contributed by atoms with E-state index < -0.39 is 24.7 Å². The molecule has 0 aliphatic heterocycles. The molecule has 0 radical (unpaired) electrons. The normalized spacial score (nSPS) is 14.0. The average Bonchev–Trinajstić information content (AvgIpc) is 1.56. The Morgan fingerprint density at radius 2 is 1.64 bits per heavy atom.